The molecule has 0 spiro atoms. The molecule has 0 saturated heterocycles. The number of hydrogen-bond acceptors (Lipinski definition) is 1. The molecule has 1 amide bonds. The van der Waals surface area contributed by atoms with Crippen LogP contribution in [0.15, 0.2) is 30.3 Å². The monoisotopic (exact) mass is 205 g/mol. The second kappa shape index (κ2) is 5.54. The quantitative estimate of drug-likeness (QED) is 0.804. The highest BCUT2D eigenvalue weighted by Gasteiger charge is 2.11. The molecule has 15 heavy (non-hydrogen) atoms. The highest BCUT2D eigenvalue weighted by atomic mass is 16.1. The number of amides is 1. The summed E-state index contributed by atoms with van der Waals surface area (Å²) in [5, 5.41) is 2.90. The summed E-state index contributed by atoms with van der Waals surface area (Å²) < 4.78 is 0. The third-order valence-corrected chi connectivity index (χ3v) is 2.31. The molecule has 0 aliphatic heterocycles. The van der Waals surface area contributed by atoms with Gasteiger partial charge in [0.2, 0.25) is 5.91 Å². The molecule has 0 aromatic heterocycles. The molecule has 1 aromatic carbocycles. The molecule has 0 radical (unpaired) electrons. The molecular formula is C13H19NO. The minimum atomic E-state index is 0.126. The van der Waals surface area contributed by atoms with Crippen LogP contribution in [0.2, 0.25) is 0 Å². The first-order valence-electron chi connectivity index (χ1n) is 5.44. The zero-order chi connectivity index (χ0) is 11.3. The van der Waals surface area contributed by atoms with E-state index in [0.717, 1.165) is 0 Å². The normalized spacial score (nSPS) is 12.5. The molecule has 1 aromatic rings. The zero-order valence-electron chi connectivity index (χ0n) is 9.66. The van der Waals surface area contributed by atoms with Crippen LogP contribution in [0.4, 0.5) is 0 Å². The molecule has 1 N–H and O–H groups in total. The summed E-state index contributed by atoms with van der Waals surface area (Å²) in [4.78, 5) is 11.5. The first-order valence-corrected chi connectivity index (χ1v) is 5.44. The van der Waals surface area contributed by atoms with Crippen molar-refractivity contribution in [1.29, 1.82) is 0 Å². The lowest BCUT2D eigenvalue weighted by atomic mass is 9.97. The number of benzene rings is 1. The Morgan fingerprint density at radius 3 is 2.33 bits per heavy atom. The van der Waals surface area contributed by atoms with Gasteiger partial charge in [-0.25, -0.2) is 0 Å². The fourth-order valence-electron chi connectivity index (χ4n) is 1.56. The van der Waals surface area contributed by atoms with Crippen LogP contribution in [0.1, 0.15) is 38.7 Å². The Morgan fingerprint density at radius 1 is 1.20 bits per heavy atom. The molecule has 0 bridgehead atoms. The van der Waals surface area contributed by atoms with Gasteiger partial charge in [-0.2, -0.15) is 0 Å². The molecule has 82 valence electrons. The maximum atomic E-state index is 11.5. The van der Waals surface area contributed by atoms with E-state index >= 15 is 0 Å². The SMILES string of the molecule is CC(C)NC(=O)CC(C)c1ccccc1. The van der Waals surface area contributed by atoms with Crippen LogP contribution in [-0.2, 0) is 4.79 Å². The van der Waals surface area contributed by atoms with Crippen molar-refractivity contribution in [2.24, 2.45) is 0 Å². The Bertz CT molecular complexity index is 306. The number of carbonyl (C=O) groups excluding carboxylic acids is 1. The predicted octanol–water partition coefficient (Wildman–Crippen LogP) is 2.70. The molecule has 2 heteroatoms. The van der Waals surface area contributed by atoms with Crippen molar-refractivity contribution in [3.8, 4) is 0 Å². The summed E-state index contributed by atoms with van der Waals surface area (Å²) in [5.74, 6) is 0.409. The van der Waals surface area contributed by atoms with Crippen molar-refractivity contribution in [3.05, 3.63) is 35.9 Å². The molecule has 2 nitrogen and oxygen atoms in total. The Labute approximate surface area is 91.7 Å². The lowest BCUT2D eigenvalue weighted by Crippen LogP contribution is -2.30. The molecule has 0 fully saturated rings. The lowest BCUT2D eigenvalue weighted by Gasteiger charge is -2.13. The van der Waals surface area contributed by atoms with Gasteiger partial charge in [-0.3, -0.25) is 4.79 Å². The van der Waals surface area contributed by atoms with Gasteiger partial charge in [-0.15, -0.1) is 0 Å². The van der Waals surface area contributed by atoms with E-state index < -0.39 is 0 Å². The number of nitrogens with one attached hydrogen (secondary N) is 1. The van der Waals surface area contributed by atoms with E-state index in [9.17, 15) is 4.79 Å². The van der Waals surface area contributed by atoms with Gasteiger partial charge in [0.15, 0.2) is 0 Å². The van der Waals surface area contributed by atoms with Gasteiger partial charge in [-0.1, -0.05) is 37.3 Å². The Balaban J connectivity index is 2.49. The Kier molecular flexibility index (Phi) is 4.35. The van der Waals surface area contributed by atoms with Gasteiger partial charge < -0.3 is 5.32 Å². The standard InChI is InChI=1S/C13H19NO/c1-10(2)14-13(15)9-11(3)12-7-5-4-6-8-12/h4-8,10-11H,9H2,1-3H3,(H,14,15). The van der Waals surface area contributed by atoms with Crippen molar-refractivity contribution in [1.82, 2.24) is 5.32 Å². The fourth-order valence-corrected chi connectivity index (χ4v) is 1.56. The smallest absolute Gasteiger partial charge is 0.220 e. The molecular weight excluding hydrogens is 186 g/mol. The van der Waals surface area contributed by atoms with Gasteiger partial charge in [0.05, 0.1) is 0 Å². The van der Waals surface area contributed by atoms with Gasteiger partial charge in [0.25, 0.3) is 0 Å². The highest BCUT2D eigenvalue weighted by molar-refractivity contribution is 5.77. The summed E-state index contributed by atoms with van der Waals surface area (Å²) >= 11 is 0. The zero-order valence-corrected chi connectivity index (χ0v) is 9.66. The first kappa shape index (κ1) is 11.8. The van der Waals surface area contributed by atoms with E-state index in [4.69, 9.17) is 0 Å². The van der Waals surface area contributed by atoms with Crippen LogP contribution in [-0.4, -0.2) is 11.9 Å². The van der Waals surface area contributed by atoms with Gasteiger partial charge >= 0.3 is 0 Å². The molecule has 1 rings (SSSR count). The van der Waals surface area contributed by atoms with E-state index in [-0.39, 0.29) is 17.9 Å². The summed E-state index contributed by atoms with van der Waals surface area (Å²) in [5.41, 5.74) is 1.22. The third-order valence-electron chi connectivity index (χ3n) is 2.31. The Hall–Kier alpha value is -1.31. The van der Waals surface area contributed by atoms with E-state index in [2.05, 4.69) is 24.4 Å². The maximum Gasteiger partial charge on any atom is 0.220 e. The van der Waals surface area contributed by atoms with Crippen LogP contribution in [0.3, 0.4) is 0 Å². The number of carbonyl (C=O) groups is 1. The fraction of sp³-hybridized carbons (Fsp3) is 0.462. The van der Waals surface area contributed by atoms with Crippen LogP contribution in [0, 0.1) is 0 Å². The number of rotatable bonds is 4. The summed E-state index contributed by atoms with van der Waals surface area (Å²) in [7, 11) is 0. The second-order valence-electron chi connectivity index (χ2n) is 4.24. The largest absolute Gasteiger partial charge is 0.354 e. The van der Waals surface area contributed by atoms with E-state index in [1.54, 1.807) is 0 Å². The predicted molar refractivity (Wildman–Crippen MR) is 62.8 cm³/mol. The average molecular weight is 205 g/mol. The van der Waals surface area contributed by atoms with Crippen LogP contribution < -0.4 is 5.32 Å². The highest BCUT2D eigenvalue weighted by Crippen LogP contribution is 2.17. The third kappa shape index (κ3) is 4.15. The second-order valence-corrected chi connectivity index (χ2v) is 4.24. The summed E-state index contributed by atoms with van der Waals surface area (Å²) in [6.45, 7) is 6.03. The minimum absolute atomic E-state index is 0.126. The van der Waals surface area contributed by atoms with Crippen molar-refractivity contribution in [3.63, 3.8) is 0 Å². The molecule has 0 heterocycles. The van der Waals surface area contributed by atoms with Crippen molar-refractivity contribution in [2.75, 3.05) is 0 Å². The molecule has 1 unspecified atom stereocenters. The van der Waals surface area contributed by atoms with Crippen LogP contribution in [0.25, 0.3) is 0 Å². The number of hydrogen-bond donors (Lipinski definition) is 1. The van der Waals surface area contributed by atoms with E-state index in [1.165, 1.54) is 5.56 Å². The molecule has 0 aliphatic rings. The van der Waals surface area contributed by atoms with Gasteiger partial charge in [-0.05, 0) is 25.3 Å². The van der Waals surface area contributed by atoms with Gasteiger partial charge in [0.1, 0.15) is 0 Å². The molecule has 0 saturated carbocycles. The average Bonchev–Trinajstić information content (AvgIpc) is 2.17. The topological polar surface area (TPSA) is 29.1 Å². The Morgan fingerprint density at radius 2 is 1.80 bits per heavy atom. The molecule has 0 aliphatic carbocycles. The summed E-state index contributed by atoms with van der Waals surface area (Å²) in [6.07, 6.45) is 0.558. The minimum Gasteiger partial charge on any atom is -0.354 e. The van der Waals surface area contributed by atoms with Gasteiger partial charge in [0, 0.05) is 12.5 Å². The first-order chi connectivity index (χ1) is 7.09. The van der Waals surface area contributed by atoms with Crippen molar-refractivity contribution in [2.45, 2.75) is 39.2 Å². The van der Waals surface area contributed by atoms with Crippen LogP contribution >= 0.6 is 0 Å². The molecule has 1 atom stereocenters. The van der Waals surface area contributed by atoms with E-state index in [0.29, 0.717) is 6.42 Å². The maximum absolute atomic E-state index is 11.5. The van der Waals surface area contributed by atoms with Crippen molar-refractivity contribution < 1.29 is 4.79 Å². The summed E-state index contributed by atoms with van der Waals surface area (Å²) in [6, 6.07) is 10.4. The van der Waals surface area contributed by atoms with Crippen molar-refractivity contribution >= 4 is 5.91 Å². The lowest BCUT2D eigenvalue weighted by molar-refractivity contribution is -0.121. The van der Waals surface area contributed by atoms with Crippen LogP contribution in [0.5, 0.6) is 0 Å². The van der Waals surface area contributed by atoms with E-state index in [1.807, 2.05) is 32.0 Å².